The molecule has 148 valence electrons. The van der Waals surface area contributed by atoms with Crippen LogP contribution in [0.5, 0.6) is 0 Å². The first-order valence-electron chi connectivity index (χ1n) is 10.8. The number of ether oxygens (including phenoxy) is 3. The zero-order chi connectivity index (χ0) is 18.4. The van der Waals surface area contributed by atoms with E-state index in [1.54, 1.807) is 0 Å². The molecule has 0 aromatic heterocycles. The maximum absolute atomic E-state index is 6.14. The van der Waals surface area contributed by atoms with Crippen molar-refractivity contribution >= 4 is 0 Å². The van der Waals surface area contributed by atoms with Crippen LogP contribution in [0, 0.1) is 5.92 Å². The molecule has 1 unspecified atom stereocenters. The lowest BCUT2D eigenvalue weighted by Crippen LogP contribution is -2.47. The third-order valence-corrected chi connectivity index (χ3v) is 5.08. The van der Waals surface area contributed by atoms with Crippen molar-refractivity contribution in [2.45, 2.75) is 104 Å². The smallest absolute Gasteiger partial charge is 0.289 e. The second-order valence-electron chi connectivity index (χ2n) is 7.04. The molecule has 0 N–H and O–H groups in total. The average molecular weight is 355 g/mol. The van der Waals surface area contributed by atoms with Crippen molar-refractivity contribution in [1.29, 1.82) is 0 Å². The largest absolute Gasteiger partial charge is 0.327 e. The van der Waals surface area contributed by atoms with Gasteiger partial charge < -0.3 is 14.2 Å². The Morgan fingerprint density at radius 3 is 1.96 bits per heavy atom. The van der Waals surface area contributed by atoms with E-state index >= 15 is 0 Å². The first-order chi connectivity index (χ1) is 12.2. The molecular weight excluding hydrogens is 312 g/mol. The normalized spacial score (nSPS) is 16.7. The lowest BCUT2D eigenvalue weighted by molar-refractivity contribution is -0.397. The molecule has 0 aromatic rings. The van der Waals surface area contributed by atoms with Gasteiger partial charge in [0.05, 0.1) is 5.92 Å². The molecule has 0 amide bonds. The van der Waals surface area contributed by atoms with Gasteiger partial charge in [-0.25, -0.2) is 0 Å². The van der Waals surface area contributed by atoms with Crippen LogP contribution in [0.1, 0.15) is 98.3 Å². The summed E-state index contributed by atoms with van der Waals surface area (Å²) in [5.41, 5.74) is 1.50. The molecular formula is C22H42O3. The number of allylic oxidation sites excluding steroid dienone is 1. The fourth-order valence-corrected chi connectivity index (χ4v) is 3.93. The highest BCUT2D eigenvalue weighted by Crippen LogP contribution is 2.39. The summed E-state index contributed by atoms with van der Waals surface area (Å²) in [4.78, 5) is 0. The van der Waals surface area contributed by atoms with Crippen molar-refractivity contribution in [3.05, 3.63) is 11.6 Å². The summed E-state index contributed by atoms with van der Waals surface area (Å²) < 4.78 is 18.4. The van der Waals surface area contributed by atoms with E-state index in [2.05, 4.69) is 13.0 Å². The molecule has 1 aliphatic rings. The molecule has 0 saturated carbocycles. The highest BCUT2D eigenvalue weighted by molar-refractivity contribution is 5.12. The molecule has 0 fully saturated rings. The first-order valence-corrected chi connectivity index (χ1v) is 10.8. The number of hydrogen-bond acceptors (Lipinski definition) is 3. The summed E-state index contributed by atoms with van der Waals surface area (Å²) in [5, 5.41) is 0. The molecule has 0 radical (unpaired) electrons. The van der Waals surface area contributed by atoms with E-state index in [1.807, 2.05) is 20.8 Å². The summed E-state index contributed by atoms with van der Waals surface area (Å²) in [6, 6.07) is 0. The van der Waals surface area contributed by atoms with Crippen LogP contribution in [-0.4, -0.2) is 25.8 Å². The van der Waals surface area contributed by atoms with Gasteiger partial charge in [-0.3, -0.25) is 0 Å². The van der Waals surface area contributed by atoms with Crippen molar-refractivity contribution < 1.29 is 14.2 Å². The summed E-state index contributed by atoms with van der Waals surface area (Å²) >= 11 is 0. The Hall–Kier alpha value is -0.380. The minimum atomic E-state index is -0.898. The molecule has 0 aliphatic heterocycles. The Morgan fingerprint density at radius 1 is 0.840 bits per heavy atom. The minimum absolute atomic E-state index is 0.221. The predicted octanol–water partition coefficient (Wildman–Crippen LogP) is 6.62. The molecule has 25 heavy (non-hydrogen) atoms. The van der Waals surface area contributed by atoms with Gasteiger partial charge in [-0.2, -0.15) is 0 Å². The van der Waals surface area contributed by atoms with Gasteiger partial charge in [-0.1, -0.05) is 57.1 Å². The second kappa shape index (κ2) is 13.8. The van der Waals surface area contributed by atoms with Crippen LogP contribution >= 0.6 is 0 Å². The summed E-state index contributed by atoms with van der Waals surface area (Å²) in [6.07, 6.45) is 16.3. The summed E-state index contributed by atoms with van der Waals surface area (Å²) in [6.45, 7) is 10.2. The predicted molar refractivity (Wildman–Crippen MR) is 106 cm³/mol. The van der Waals surface area contributed by atoms with Crippen LogP contribution in [0.4, 0.5) is 0 Å². The van der Waals surface area contributed by atoms with Crippen molar-refractivity contribution in [3.8, 4) is 0 Å². The minimum Gasteiger partial charge on any atom is -0.327 e. The van der Waals surface area contributed by atoms with E-state index in [0.717, 1.165) is 12.8 Å². The molecule has 1 aliphatic carbocycles. The Labute approximate surface area is 156 Å². The van der Waals surface area contributed by atoms with Gasteiger partial charge in [0.25, 0.3) is 5.97 Å². The lowest BCUT2D eigenvalue weighted by Gasteiger charge is -2.41. The summed E-state index contributed by atoms with van der Waals surface area (Å²) in [5.74, 6) is -0.677. The number of unbranched alkanes of at least 4 members (excludes halogenated alkanes) is 5. The van der Waals surface area contributed by atoms with Crippen molar-refractivity contribution in [2.24, 2.45) is 5.92 Å². The van der Waals surface area contributed by atoms with Gasteiger partial charge in [0.2, 0.25) is 0 Å². The van der Waals surface area contributed by atoms with Gasteiger partial charge in [-0.15, -0.1) is 0 Å². The Bertz CT molecular complexity index is 334. The second-order valence-corrected chi connectivity index (χ2v) is 7.04. The Balaban J connectivity index is 2.83. The van der Waals surface area contributed by atoms with Crippen molar-refractivity contribution in [2.75, 3.05) is 19.8 Å². The van der Waals surface area contributed by atoms with Gasteiger partial charge in [0.1, 0.15) is 0 Å². The standard InChI is InChI=1S/C22H42O3/c1-5-9-10-11-12-16-19-21(20-17-14-13-15-18-20)22(23-6-2,24-7-3)25-8-4/h17,21H,5-16,18-19H2,1-4H3. The van der Waals surface area contributed by atoms with Crippen LogP contribution in [-0.2, 0) is 14.2 Å². The average Bonchev–Trinajstić information content (AvgIpc) is 2.62. The van der Waals surface area contributed by atoms with E-state index in [1.165, 1.54) is 63.4 Å². The van der Waals surface area contributed by atoms with Crippen LogP contribution in [0.3, 0.4) is 0 Å². The van der Waals surface area contributed by atoms with Crippen molar-refractivity contribution in [3.63, 3.8) is 0 Å². The highest BCUT2D eigenvalue weighted by atomic mass is 16.9. The first kappa shape index (κ1) is 22.7. The molecule has 3 nitrogen and oxygen atoms in total. The molecule has 1 atom stereocenters. The number of hydrogen-bond donors (Lipinski definition) is 0. The van der Waals surface area contributed by atoms with Gasteiger partial charge >= 0.3 is 0 Å². The molecule has 0 aromatic carbocycles. The fraction of sp³-hybridized carbons (Fsp3) is 0.909. The topological polar surface area (TPSA) is 27.7 Å². The third kappa shape index (κ3) is 7.80. The van der Waals surface area contributed by atoms with Crippen molar-refractivity contribution in [1.82, 2.24) is 0 Å². The maximum atomic E-state index is 6.14. The van der Waals surface area contributed by atoms with Crippen LogP contribution < -0.4 is 0 Å². The Morgan fingerprint density at radius 2 is 1.44 bits per heavy atom. The zero-order valence-electron chi connectivity index (χ0n) is 17.3. The zero-order valence-corrected chi connectivity index (χ0v) is 17.3. The number of rotatable bonds is 15. The highest BCUT2D eigenvalue weighted by Gasteiger charge is 2.43. The molecule has 0 bridgehead atoms. The monoisotopic (exact) mass is 354 g/mol. The van der Waals surface area contributed by atoms with Gasteiger partial charge in [0.15, 0.2) is 0 Å². The third-order valence-electron chi connectivity index (χ3n) is 5.08. The van der Waals surface area contributed by atoms with E-state index in [9.17, 15) is 0 Å². The molecule has 3 heteroatoms. The van der Waals surface area contributed by atoms with E-state index in [4.69, 9.17) is 14.2 Å². The van der Waals surface area contributed by atoms with E-state index in [-0.39, 0.29) is 5.92 Å². The SMILES string of the molecule is CCCCCCCCC(C1=CCCCC1)C(OCC)(OCC)OCC. The van der Waals surface area contributed by atoms with Crippen LogP contribution in [0.25, 0.3) is 0 Å². The molecule has 0 heterocycles. The van der Waals surface area contributed by atoms with Crippen LogP contribution in [0.15, 0.2) is 11.6 Å². The van der Waals surface area contributed by atoms with Gasteiger partial charge in [-0.05, 0) is 52.9 Å². The van der Waals surface area contributed by atoms with Crippen LogP contribution in [0.2, 0.25) is 0 Å². The van der Waals surface area contributed by atoms with E-state index in [0.29, 0.717) is 19.8 Å². The van der Waals surface area contributed by atoms with E-state index < -0.39 is 5.97 Å². The molecule has 1 rings (SSSR count). The molecule has 0 saturated heterocycles. The molecule has 0 spiro atoms. The maximum Gasteiger partial charge on any atom is 0.289 e. The lowest BCUT2D eigenvalue weighted by atomic mass is 9.83. The summed E-state index contributed by atoms with van der Waals surface area (Å²) in [7, 11) is 0. The quantitative estimate of drug-likeness (QED) is 0.188. The van der Waals surface area contributed by atoms with Gasteiger partial charge in [0, 0.05) is 19.8 Å². The fourth-order valence-electron chi connectivity index (χ4n) is 3.93. The Kier molecular flexibility index (Phi) is 12.5.